The summed E-state index contributed by atoms with van der Waals surface area (Å²) in [5.41, 5.74) is 0. The first-order chi connectivity index (χ1) is 57.5. The van der Waals surface area contributed by atoms with Crippen molar-refractivity contribution in [2.24, 2.45) is 107 Å². The van der Waals surface area contributed by atoms with Crippen molar-refractivity contribution in [2.45, 2.75) is 333 Å². The minimum Gasteiger partial charge on any atom is -0.469 e. The van der Waals surface area contributed by atoms with Gasteiger partial charge in [0.05, 0.1) is 135 Å². The number of ether oxygens (including phenoxy) is 8. The Balaban J connectivity index is 0.000000307. The molecule has 3 saturated carbocycles. The first kappa shape index (κ1) is 108. The molecule has 122 heavy (non-hydrogen) atoms. The molecule has 9 rings (SSSR count). The lowest BCUT2D eigenvalue weighted by molar-refractivity contribution is -0.150. The molecule has 0 aromatic heterocycles. The van der Waals surface area contributed by atoms with Gasteiger partial charge < -0.3 is 67.3 Å². The van der Waals surface area contributed by atoms with Crippen LogP contribution in [0.15, 0.2) is 0 Å². The van der Waals surface area contributed by atoms with E-state index in [9.17, 15) is 61.9 Å². The number of esters is 6. The van der Waals surface area contributed by atoms with Gasteiger partial charge in [0.2, 0.25) is 35.4 Å². The summed E-state index contributed by atoms with van der Waals surface area (Å²) >= 11 is 0. The minimum absolute atomic E-state index is 0.0214. The smallest absolute Gasteiger partial charge is 0.306 e. The summed E-state index contributed by atoms with van der Waals surface area (Å²) in [4.78, 5) is 158. The fourth-order valence-corrected chi connectivity index (χ4v) is 19.5. The van der Waals surface area contributed by atoms with Crippen molar-refractivity contribution in [3.05, 3.63) is 0 Å². The molecule has 6 heterocycles. The van der Waals surface area contributed by atoms with Gasteiger partial charge in [-0.3, -0.25) is 57.5 Å². The lowest BCUT2D eigenvalue weighted by Crippen LogP contribution is -2.45. The summed E-state index contributed by atoms with van der Waals surface area (Å²) in [6.07, 6.45) is 19.0. The van der Waals surface area contributed by atoms with Crippen molar-refractivity contribution >= 4 is 71.3 Å². The Morgan fingerprint density at radius 1 is 0.270 bits per heavy atom. The Kier molecular flexibility index (Phi) is 47.0. The maximum atomic E-state index is 13.7. The third-order valence-corrected chi connectivity index (χ3v) is 27.7. The highest BCUT2D eigenvalue weighted by Gasteiger charge is 2.48. The number of methoxy groups -OCH3 is 8. The van der Waals surface area contributed by atoms with Gasteiger partial charge in [0.25, 0.3) is 0 Å². The van der Waals surface area contributed by atoms with Crippen LogP contribution in [-0.4, -0.2) is 251 Å². The number of amides is 6. The number of rotatable bonds is 32. The Bertz CT molecular complexity index is 3190. The van der Waals surface area contributed by atoms with Gasteiger partial charge in [-0.15, -0.1) is 0 Å². The number of alkyl halides is 1. The lowest BCUT2D eigenvalue weighted by Gasteiger charge is -2.37. The quantitative estimate of drug-likeness (QED) is 0.0446. The zero-order valence-corrected chi connectivity index (χ0v) is 80.0. The standard InChI is InChI=1S/C17H29NO3.2C16H29NO4.C16H27NO3.C15H26FNO3.C15H25NO3/c1-12(2)15-9-6-10-18(15)17(20)14(11-16(19)21-3)13-7-4-5-8-13;2*1-10(2)13(8-15(18)21-6)16(19)17-9-12(20-5)7-14(17)11(3)4;1-11(2)14-8-5-9-17(14)16(19)13(10-15(18)20-3)12-6-4-7-12;1-9(2)12(7-14(18)20-5)15(19)17-8-11(16)6-13(17)10(3)4;1-10(2)13-5-4-8-16(13)15(18)12(11-6-7-11)9-14(17)19-3/h12-15H,4-11H2,1-3H3;2*10-14H,7-9H2,1-6H3;11-14H,4-10H2,1-3H3;9-13H,6-8H2,1-5H3;10-13H,4-9H2,1-3H3/t14-,15-;12-,13+,14+;12-,13-,14-;13-,14-;11-,12-,13-;12-,13-/m010000/s1. The maximum absolute atomic E-state index is 13.7. The molecule has 0 N–H and O–H groups in total. The van der Waals surface area contributed by atoms with E-state index in [0.29, 0.717) is 85.0 Å². The Morgan fingerprint density at radius 2 is 0.508 bits per heavy atom. The third kappa shape index (κ3) is 32.1. The van der Waals surface area contributed by atoms with E-state index in [0.717, 1.165) is 110 Å². The van der Waals surface area contributed by atoms with Crippen LogP contribution in [0, 0.1) is 107 Å². The van der Waals surface area contributed by atoms with E-state index in [4.69, 9.17) is 33.2 Å². The predicted octanol–water partition coefficient (Wildman–Crippen LogP) is 14.4. The summed E-state index contributed by atoms with van der Waals surface area (Å²) in [5.74, 6) is 0.988. The topological polar surface area (TPSA) is 298 Å². The van der Waals surface area contributed by atoms with Crippen LogP contribution in [0.3, 0.4) is 0 Å². The Morgan fingerprint density at radius 3 is 0.730 bits per heavy atom. The molecule has 0 bridgehead atoms. The molecular formula is C95H165FN6O20. The molecular weight excluding hydrogens is 1560 g/mol. The highest BCUT2D eigenvalue weighted by atomic mass is 19.1. The highest BCUT2D eigenvalue weighted by molar-refractivity contribution is 5.88. The predicted molar refractivity (Wildman–Crippen MR) is 467 cm³/mol. The van der Waals surface area contributed by atoms with Crippen LogP contribution < -0.4 is 0 Å². The van der Waals surface area contributed by atoms with E-state index in [1.807, 2.05) is 75.0 Å². The van der Waals surface area contributed by atoms with Crippen LogP contribution in [0.1, 0.15) is 279 Å². The number of carbonyl (C=O) groups excluding carboxylic acids is 12. The largest absolute Gasteiger partial charge is 0.469 e. The third-order valence-electron chi connectivity index (χ3n) is 27.7. The van der Waals surface area contributed by atoms with E-state index >= 15 is 0 Å². The molecule has 6 saturated heterocycles. The first-order valence-corrected chi connectivity index (χ1v) is 46.5. The van der Waals surface area contributed by atoms with Crippen molar-refractivity contribution in [2.75, 3.05) is 96.1 Å². The molecule has 6 aliphatic heterocycles. The van der Waals surface area contributed by atoms with Crippen LogP contribution in [0.25, 0.3) is 0 Å². The monoisotopic (exact) mass is 1730 g/mol. The van der Waals surface area contributed by atoms with Crippen molar-refractivity contribution in [3.63, 3.8) is 0 Å². The van der Waals surface area contributed by atoms with Gasteiger partial charge in [-0.2, -0.15) is 0 Å². The number of halogens is 1. The van der Waals surface area contributed by atoms with Crippen LogP contribution in [0.2, 0.25) is 0 Å². The van der Waals surface area contributed by atoms with Gasteiger partial charge in [-0.25, -0.2) is 4.39 Å². The van der Waals surface area contributed by atoms with Gasteiger partial charge in [0.15, 0.2) is 0 Å². The molecule has 9 aliphatic rings. The molecule has 0 radical (unpaired) electrons. The second-order valence-corrected chi connectivity index (χ2v) is 39.0. The zero-order valence-electron chi connectivity index (χ0n) is 80.0. The Hall–Kier alpha value is -6.51. The molecule has 0 unspecified atom stereocenters. The number of hydrogen-bond acceptors (Lipinski definition) is 20. The molecule has 0 aromatic rings. The van der Waals surface area contributed by atoms with Crippen LogP contribution in [0.4, 0.5) is 4.39 Å². The molecule has 6 amide bonds. The fraction of sp³-hybridized carbons (Fsp3) is 0.874. The molecule has 0 spiro atoms. The fourth-order valence-electron chi connectivity index (χ4n) is 19.5. The number of nitrogens with zero attached hydrogens (tertiary/aromatic N) is 6. The summed E-state index contributed by atoms with van der Waals surface area (Å²) in [5, 5.41) is 0. The van der Waals surface area contributed by atoms with Crippen molar-refractivity contribution in [1.82, 2.24) is 29.4 Å². The summed E-state index contributed by atoms with van der Waals surface area (Å²) in [6, 6.07) is 1.34. The molecule has 15 atom stereocenters. The molecule has 3 aliphatic carbocycles. The van der Waals surface area contributed by atoms with E-state index in [1.165, 1.54) is 61.9 Å². The number of hydrogen-bond donors (Lipinski definition) is 0. The molecule has 702 valence electrons. The minimum atomic E-state index is -0.961. The molecule has 26 nitrogen and oxygen atoms in total. The summed E-state index contributed by atoms with van der Waals surface area (Å²) < 4.78 is 52.9. The van der Waals surface area contributed by atoms with Crippen molar-refractivity contribution < 1.29 is 99.8 Å². The van der Waals surface area contributed by atoms with E-state index < -0.39 is 18.1 Å². The highest BCUT2D eigenvalue weighted by Crippen LogP contribution is 2.43. The second kappa shape index (κ2) is 53.2. The summed E-state index contributed by atoms with van der Waals surface area (Å²) in [7, 11) is 11.6. The number of carbonyl (C=O) groups is 12. The van der Waals surface area contributed by atoms with Crippen molar-refractivity contribution in [3.8, 4) is 0 Å². The second-order valence-electron chi connectivity index (χ2n) is 39.0. The van der Waals surface area contributed by atoms with E-state index in [-0.39, 0.29) is 194 Å². The average Bonchev–Trinajstić information content (AvgIpc) is 1.68. The maximum Gasteiger partial charge on any atom is 0.306 e. The molecule has 0 aromatic carbocycles. The molecule has 9 fully saturated rings. The van der Waals surface area contributed by atoms with Gasteiger partial charge in [-0.1, -0.05) is 144 Å². The van der Waals surface area contributed by atoms with Gasteiger partial charge >= 0.3 is 35.8 Å². The normalized spacial score (nSPS) is 24.2. The van der Waals surface area contributed by atoms with Gasteiger partial charge in [-0.05, 0) is 161 Å². The molecule has 27 heteroatoms. The number of likely N-dealkylation sites (tertiary alicyclic amines) is 6. The van der Waals surface area contributed by atoms with E-state index in [1.54, 1.807) is 19.1 Å². The van der Waals surface area contributed by atoms with Crippen LogP contribution in [0.5, 0.6) is 0 Å². The summed E-state index contributed by atoms with van der Waals surface area (Å²) in [6.45, 7) is 41.1. The van der Waals surface area contributed by atoms with Gasteiger partial charge in [0, 0.05) is 89.6 Å². The van der Waals surface area contributed by atoms with Crippen LogP contribution >= 0.6 is 0 Å². The first-order valence-electron chi connectivity index (χ1n) is 46.5. The SMILES string of the molecule is COC(=O)C[C@H](C(=O)N1CCC[C@H]1C(C)C)C1CC1.COC(=O)C[C@H](C(=O)N1CCC[C@H]1C(C)C)C1CCC1.COC(=O)C[C@H](C(=O)N1CCC[C@H]1C(C)C)C1CCCC1.COC(=O)C[C@H](C(=O)N1C[C@@H](F)C[C@H]1C(C)C)C(C)C.COC(=O)C[C@H](C(=O)N1C[C@@H](OC)C[C@H]1C(C)C)C(C)C.COC(=O)C[C@H](C(=O)N1C[C@H](OC)C[C@H]1C(C)C)C(C)C. The van der Waals surface area contributed by atoms with E-state index in [2.05, 4.69) is 78.9 Å². The lowest BCUT2D eigenvalue weighted by atomic mass is 9.73. The Labute approximate surface area is 733 Å². The van der Waals surface area contributed by atoms with Gasteiger partial charge in [0.1, 0.15) is 6.17 Å². The van der Waals surface area contributed by atoms with Crippen molar-refractivity contribution in [1.29, 1.82) is 0 Å². The van der Waals surface area contributed by atoms with Crippen LogP contribution in [-0.2, 0) is 95.4 Å². The average molecular weight is 1730 g/mol. The zero-order chi connectivity index (χ0) is 91.9.